The fourth-order valence-corrected chi connectivity index (χ4v) is 2.89. The van der Waals surface area contributed by atoms with Gasteiger partial charge in [-0.25, -0.2) is 0 Å². The summed E-state index contributed by atoms with van der Waals surface area (Å²) in [4.78, 5) is 12.6. The van der Waals surface area contributed by atoms with E-state index in [4.69, 9.17) is 0 Å². The second kappa shape index (κ2) is 9.14. The van der Waals surface area contributed by atoms with Crippen LogP contribution in [-0.4, -0.2) is 12.5 Å². The van der Waals surface area contributed by atoms with Crippen LogP contribution in [0, 0.1) is 5.92 Å². The van der Waals surface area contributed by atoms with E-state index in [1.165, 1.54) is 5.56 Å². The number of rotatable bonds is 8. The second-order valence-corrected chi connectivity index (χ2v) is 6.15. The number of carbonyl (C=O) groups excluding carboxylic acids is 1. The van der Waals surface area contributed by atoms with Crippen LogP contribution in [-0.2, 0) is 11.2 Å². The molecule has 0 aliphatic rings. The summed E-state index contributed by atoms with van der Waals surface area (Å²) in [6.45, 7) is 5.03. The Hall–Kier alpha value is -2.09. The van der Waals surface area contributed by atoms with Crippen LogP contribution in [0.25, 0.3) is 0 Å². The van der Waals surface area contributed by atoms with Crippen molar-refractivity contribution in [3.63, 3.8) is 0 Å². The smallest absolute Gasteiger partial charge is 0.227 e. The molecule has 2 atom stereocenters. The van der Waals surface area contributed by atoms with Crippen molar-refractivity contribution in [2.24, 2.45) is 5.92 Å². The highest BCUT2D eigenvalue weighted by molar-refractivity contribution is 5.83. The van der Waals surface area contributed by atoms with Crippen LogP contribution in [0.2, 0.25) is 0 Å². The van der Waals surface area contributed by atoms with E-state index in [0.717, 1.165) is 31.4 Å². The molecule has 0 heterocycles. The first-order valence-electron chi connectivity index (χ1n) is 8.59. The molecule has 23 heavy (non-hydrogen) atoms. The maximum Gasteiger partial charge on any atom is 0.227 e. The van der Waals surface area contributed by atoms with Crippen LogP contribution in [0.5, 0.6) is 0 Å². The number of amides is 1. The fraction of sp³-hybridized carbons (Fsp3) is 0.381. The molecule has 0 bridgehead atoms. The van der Waals surface area contributed by atoms with Gasteiger partial charge in [0.25, 0.3) is 0 Å². The van der Waals surface area contributed by atoms with Gasteiger partial charge < -0.3 is 5.32 Å². The Bertz CT molecular complexity index is 579. The van der Waals surface area contributed by atoms with Gasteiger partial charge in [-0.05, 0) is 29.9 Å². The predicted octanol–water partition coefficient (Wildman–Crippen LogP) is 4.57. The van der Waals surface area contributed by atoms with Crippen molar-refractivity contribution in [2.45, 2.75) is 39.0 Å². The van der Waals surface area contributed by atoms with Crippen LogP contribution in [0.15, 0.2) is 60.7 Å². The largest absolute Gasteiger partial charge is 0.356 e. The van der Waals surface area contributed by atoms with Gasteiger partial charge >= 0.3 is 0 Å². The summed E-state index contributed by atoms with van der Waals surface area (Å²) in [6, 6.07) is 20.5. The van der Waals surface area contributed by atoms with Crippen molar-refractivity contribution >= 4 is 5.91 Å². The van der Waals surface area contributed by atoms with Gasteiger partial charge in [-0.2, -0.15) is 0 Å². The number of hydrogen-bond donors (Lipinski definition) is 1. The molecule has 0 saturated heterocycles. The molecular formula is C21H27NO. The number of aryl methyl sites for hydroxylation is 1. The van der Waals surface area contributed by atoms with Crippen LogP contribution in [0.1, 0.15) is 43.7 Å². The first-order chi connectivity index (χ1) is 11.2. The van der Waals surface area contributed by atoms with Crippen molar-refractivity contribution < 1.29 is 4.79 Å². The Kier molecular flexibility index (Phi) is 6.86. The zero-order valence-electron chi connectivity index (χ0n) is 14.2. The SMILES string of the molecule is CCC(C)C(C(=O)NCCCc1ccccc1)c1ccccc1. The predicted molar refractivity (Wildman–Crippen MR) is 96.4 cm³/mol. The molecule has 2 aromatic carbocycles. The lowest BCUT2D eigenvalue weighted by atomic mass is 9.85. The number of nitrogens with one attached hydrogen (secondary N) is 1. The molecule has 1 amide bonds. The molecule has 2 unspecified atom stereocenters. The summed E-state index contributed by atoms with van der Waals surface area (Å²) in [5.41, 5.74) is 2.44. The highest BCUT2D eigenvalue weighted by Crippen LogP contribution is 2.27. The minimum absolute atomic E-state index is 0.0575. The average Bonchev–Trinajstić information content (AvgIpc) is 2.60. The monoisotopic (exact) mass is 309 g/mol. The van der Waals surface area contributed by atoms with Crippen molar-refractivity contribution in [1.82, 2.24) is 5.32 Å². The zero-order valence-corrected chi connectivity index (χ0v) is 14.2. The number of carbonyl (C=O) groups is 1. The molecule has 2 rings (SSSR count). The summed E-state index contributed by atoms with van der Waals surface area (Å²) < 4.78 is 0. The first-order valence-corrected chi connectivity index (χ1v) is 8.59. The van der Waals surface area contributed by atoms with Crippen LogP contribution in [0.3, 0.4) is 0 Å². The molecule has 0 aromatic heterocycles. The Morgan fingerprint density at radius 1 is 1.00 bits per heavy atom. The lowest BCUT2D eigenvalue weighted by Gasteiger charge is -2.22. The topological polar surface area (TPSA) is 29.1 Å². The van der Waals surface area contributed by atoms with Crippen molar-refractivity contribution in [1.29, 1.82) is 0 Å². The molecule has 2 heteroatoms. The third-order valence-corrected chi connectivity index (χ3v) is 4.44. The lowest BCUT2D eigenvalue weighted by Crippen LogP contribution is -2.33. The Morgan fingerprint density at radius 2 is 1.61 bits per heavy atom. The Labute approximate surface area is 139 Å². The molecule has 0 saturated carbocycles. The van der Waals surface area contributed by atoms with Gasteiger partial charge in [-0.15, -0.1) is 0 Å². The molecule has 122 valence electrons. The van der Waals surface area contributed by atoms with Gasteiger partial charge in [0, 0.05) is 6.54 Å². The van der Waals surface area contributed by atoms with Crippen molar-refractivity contribution in [3.05, 3.63) is 71.8 Å². The normalized spacial score (nSPS) is 13.3. The van der Waals surface area contributed by atoms with E-state index in [0.29, 0.717) is 5.92 Å². The van der Waals surface area contributed by atoms with Gasteiger partial charge in [0.15, 0.2) is 0 Å². The highest BCUT2D eigenvalue weighted by atomic mass is 16.1. The van der Waals surface area contributed by atoms with Crippen LogP contribution in [0.4, 0.5) is 0 Å². The van der Waals surface area contributed by atoms with Crippen molar-refractivity contribution in [3.8, 4) is 0 Å². The summed E-state index contributed by atoms with van der Waals surface area (Å²) in [5.74, 6) is 0.433. The van der Waals surface area contributed by atoms with Gasteiger partial charge in [0.05, 0.1) is 5.92 Å². The van der Waals surface area contributed by atoms with Gasteiger partial charge in [0.2, 0.25) is 5.91 Å². The van der Waals surface area contributed by atoms with E-state index >= 15 is 0 Å². The number of hydrogen-bond acceptors (Lipinski definition) is 1. The van der Waals surface area contributed by atoms with E-state index in [2.05, 4.69) is 55.6 Å². The fourth-order valence-electron chi connectivity index (χ4n) is 2.89. The van der Waals surface area contributed by atoms with E-state index in [1.807, 2.05) is 24.3 Å². The molecule has 2 aromatic rings. The Morgan fingerprint density at radius 3 is 2.22 bits per heavy atom. The average molecular weight is 309 g/mol. The molecule has 2 nitrogen and oxygen atoms in total. The Balaban J connectivity index is 1.88. The lowest BCUT2D eigenvalue weighted by molar-refractivity contribution is -0.123. The number of benzene rings is 2. The summed E-state index contributed by atoms with van der Waals surface area (Å²) in [5, 5.41) is 3.13. The van der Waals surface area contributed by atoms with E-state index in [9.17, 15) is 4.79 Å². The summed E-state index contributed by atoms with van der Waals surface area (Å²) in [7, 11) is 0. The maximum atomic E-state index is 12.6. The highest BCUT2D eigenvalue weighted by Gasteiger charge is 2.25. The maximum absolute atomic E-state index is 12.6. The van der Waals surface area contributed by atoms with Crippen molar-refractivity contribution in [2.75, 3.05) is 6.54 Å². The van der Waals surface area contributed by atoms with E-state index in [-0.39, 0.29) is 11.8 Å². The molecule has 0 aliphatic heterocycles. The minimum Gasteiger partial charge on any atom is -0.356 e. The summed E-state index contributed by atoms with van der Waals surface area (Å²) in [6.07, 6.45) is 2.97. The summed E-state index contributed by atoms with van der Waals surface area (Å²) >= 11 is 0. The molecular weight excluding hydrogens is 282 g/mol. The molecule has 0 aliphatic carbocycles. The zero-order chi connectivity index (χ0) is 16.5. The van der Waals surface area contributed by atoms with E-state index < -0.39 is 0 Å². The molecule has 0 spiro atoms. The second-order valence-electron chi connectivity index (χ2n) is 6.15. The molecule has 0 radical (unpaired) electrons. The quantitative estimate of drug-likeness (QED) is 0.711. The van der Waals surface area contributed by atoms with Gasteiger partial charge in [0.1, 0.15) is 0 Å². The third-order valence-electron chi connectivity index (χ3n) is 4.44. The van der Waals surface area contributed by atoms with Gasteiger partial charge in [-0.1, -0.05) is 80.9 Å². The van der Waals surface area contributed by atoms with Crippen LogP contribution >= 0.6 is 0 Å². The standard InChI is InChI=1S/C21H27NO/c1-3-17(2)20(19-14-8-5-9-15-19)21(23)22-16-10-13-18-11-6-4-7-12-18/h4-9,11-12,14-15,17,20H,3,10,13,16H2,1-2H3,(H,22,23). The first kappa shape index (κ1) is 17.3. The van der Waals surface area contributed by atoms with Crippen LogP contribution < -0.4 is 5.32 Å². The van der Waals surface area contributed by atoms with E-state index in [1.54, 1.807) is 0 Å². The molecule has 0 fully saturated rings. The third kappa shape index (κ3) is 5.24. The van der Waals surface area contributed by atoms with Gasteiger partial charge in [-0.3, -0.25) is 4.79 Å². The minimum atomic E-state index is -0.0575. The molecule has 1 N–H and O–H groups in total.